The van der Waals surface area contributed by atoms with Crippen molar-refractivity contribution in [1.29, 1.82) is 0 Å². The molecule has 62 valence electrons. The van der Waals surface area contributed by atoms with Crippen molar-refractivity contribution in [3.63, 3.8) is 0 Å². The highest BCUT2D eigenvalue weighted by Crippen LogP contribution is 2.30. The van der Waals surface area contributed by atoms with Crippen molar-refractivity contribution >= 4 is 28.8 Å². The third-order valence-corrected chi connectivity index (χ3v) is 3.33. The van der Waals surface area contributed by atoms with Crippen LogP contribution in [0.4, 0.5) is 4.39 Å². The van der Waals surface area contributed by atoms with E-state index in [1.54, 1.807) is 17.8 Å². The fourth-order valence-electron chi connectivity index (χ4n) is 1.23. The molecule has 12 heavy (non-hydrogen) atoms. The van der Waals surface area contributed by atoms with Gasteiger partial charge in [-0.15, -0.1) is 11.8 Å². The maximum Gasteiger partial charge on any atom is 0.123 e. The van der Waals surface area contributed by atoms with Crippen molar-refractivity contribution in [3.8, 4) is 0 Å². The van der Waals surface area contributed by atoms with Gasteiger partial charge in [-0.2, -0.15) is 0 Å². The van der Waals surface area contributed by atoms with Crippen LogP contribution in [0.25, 0.3) is 0 Å². The third kappa shape index (κ3) is 1.39. The Morgan fingerprint density at radius 3 is 3.08 bits per heavy atom. The largest absolute Gasteiger partial charge is 0.207 e. The van der Waals surface area contributed by atoms with Gasteiger partial charge in [0.2, 0.25) is 0 Å². The van der Waals surface area contributed by atoms with Gasteiger partial charge in [0.15, 0.2) is 0 Å². The van der Waals surface area contributed by atoms with E-state index in [1.165, 1.54) is 12.1 Å². The van der Waals surface area contributed by atoms with Crippen LogP contribution in [0.3, 0.4) is 0 Å². The van der Waals surface area contributed by atoms with E-state index in [4.69, 9.17) is 12.2 Å². The van der Waals surface area contributed by atoms with Gasteiger partial charge in [-0.1, -0.05) is 12.2 Å². The monoisotopic (exact) mass is 198 g/mol. The van der Waals surface area contributed by atoms with Gasteiger partial charge in [-0.25, -0.2) is 4.39 Å². The molecule has 0 radical (unpaired) electrons. The first-order valence-corrected chi connectivity index (χ1v) is 5.12. The van der Waals surface area contributed by atoms with E-state index >= 15 is 0 Å². The molecule has 1 aliphatic rings. The quantitative estimate of drug-likeness (QED) is 0.588. The molecule has 1 aromatic rings. The molecule has 2 rings (SSSR count). The Labute approximate surface area is 80.2 Å². The van der Waals surface area contributed by atoms with Crippen LogP contribution >= 0.6 is 24.0 Å². The zero-order valence-electron chi connectivity index (χ0n) is 6.34. The molecular formula is C9H7FS2. The van der Waals surface area contributed by atoms with Gasteiger partial charge < -0.3 is 0 Å². The molecule has 0 atom stereocenters. The molecule has 3 heteroatoms. The number of thioether (sulfide) groups is 1. The van der Waals surface area contributed by atoms with Gasteiger partial charge in [0, 0.05) is 21.1 Å². The Bertz CT molecular complexity index is 333. The topological polar surface area (TPSA) is 0 Å². The first-order chi connectivity index (χ1) is 5.77. The number of benzene rings is 1. The summed E-state index contributed by atoms with van der Waals surface area (Å²) in [5, 5.41) is 0. The second-order valence-electron chi connectivity index (χ2n) is 2.66. The molecule has 1 aliphatic heterocycles. The van der Waals surface area contributed by atoms with Crippen LogP contribution in [0.15, 0.2) is 23.1 Å². The van der Waals surface area contributed by atoms with Crippen LogP contribution in [-0.4, -0.2) is 10.6 Å². The van der Waals surface area contributed by atoms with E-state index in [1.807, 2.05) is 0 Å². The zero-order valence-corrected chi connectivity index (χ0v) is 7.97. The van der Waals surface area contributed by atoms with Crippen LogP contribution in [0.2, 0.25) is 0 Å². The Morgan fingerprint density at radius 2 is 2.25 bits per heavy atom. The molecule has 0 saturated heterocycles. The minimum atomic E-state index is -0.196. The van der Waals surface area contributed by atoms with Gasteiger partial charge in [0.1, 0.15) is 5.82 Å². The highest BCUT2D eigenvalue weighted by atomic mass is 32.2. The average molecular weight is 198 g/mol. The lowest BCUT2D eigenvalue weighted by atomic mass is 10.1. The van der Waals surface area contributed by atoms with Crippen LogP contribution < -0.4 is 0 Å². The van der Waals surface area contributed by atoms with Crippen molar-refractivity contribution in [2.45, 2.75) is 11.3 Å². The molecule has 1 aromatic carbocycles. The summed E-state index contributed by atoms with van der Waals surface area (Å²) >= 11 is 6.89. The van der Waals surface area contributed by atoms with Crippen LogP contribution in [0, 0.1) is 5.82 Å². The number of fused-ring (bicyclic) bond motifs is 1. The smallest absolute Gasteiger partial charge is 0.123 e. The second kappa shape index (κ2) is 3.15. The summed E-state index contributed by atoms with van der Waals surface area (Å²) in [6.45, 7) is 0. The Morgan fingerprint density at radius 1 is 1.42 bits per heavy atom. The number of halogens is 1. The van der Waals surface area contributed by atoms with Gasteiger partial charge in [-0.3, -0.25) is 0 Å². The predicted octanol–water partition coefficient (Wildman–Crippen LogP) is 3.04. The van der Waals surface area contributed by atoms with E-state index in [9.17, 15) is 4.39 Å². The molecule has 0 aromatic heterocycles. The summed E-state index contributed by atoms with van der Waals surface area (Å²) in [5.41, 5.74) is 0.918. The summed E-state index contributed by atoms with van der Waals surface area (Å²) in [6, 6.07) is 4.82. The first kappa shape index (κ1) is 8.20. The molecular weight excluding hydrogens is 191 g/mol. The maximum atomic E-state index is 12.8. The fraction of sp³-hybridized carbons (Fsp3) is 0.222. The van der Waals surface area contributed by atoms with Crippen molar-refractivity contribution in [3.05, 3.63) is 29.6 Å². The number of rotatable bonds is 0. The first-order valence-electron chi connectivity index (χ1n) is 3.73. The average Bonchev–Trinajstić information content (AvgIpc) is 2.07. The number of thiocarbonyl (C=S) groups is 1. The Kier molecular flexibility index (Phi) is 2.15. The summed E-state index contributed by atoms with van der Waals surface area (Å²) < 4.78 is 12.8. The van der Waals surface area contributed by atoms with Gasteiger partial charge in [0.05, 0.1) is 0 Å². The molecule has 0 fully saturated rings. The summed E-state index contributed by atoms with van der Waals surface area (Å²) in [4.78, 5) is 2.01. The Hall–Kier alpha value is -0.410. The normalized spacial score (nSPS) is 15.9. The van der Waals surface area contributed by atoms with Gasteiger partial charge >= 0.3 is 0 Å². The zero-order chi connectivity index (χ0) is 8.55. The molecule has 0 bridgehead atoms. The fourth-order valence-corrected chi connectivity index (χ4v) is 2.73. The van der Waals surface area contributed by atoms with Crippen LogP contribution in [-0.2, 0) is 0 Å². The lowest BCUT2D eigenvalue weighted by Gasteiger charge is -2.15. The summed E-state index contributed by atoms with van der Waals surface area (Å²) in [5.74, 6) is 0.830. The van der Waals surface area contributed by atoms with Crippen molar-refractivity contribution in [1.82, 2.24) is 0 Å². The molecule has 1 heterocycles. The molecule has 0 aliphatic carbocycles. The molecule has 0 amide bonds. The molecule has 0 N–H and O–H groups in total. The second-order valence-corrected chi connectivity index (χ2v) is 4.29. The highest BCUT2D eigenvalue weighted by Gasteiger charge is 2.14. The number of hydrogen-bond donors (Lipinski definition) is 0. The minimum Gasteiger partial charge on any atom is -0.207 e. The highest BCUT2D eigenvalue weighted by molar-refractivity contribution is 7.99. The maximum absolute atomic E-state index is 12.8. The SMILES string of the molecule is Fc1ccc2c(c1)C(=S)CCS2. The van der Waals surface area contributed by atoms with E-state index in [-0.39, 0.29) is 5.82 Å². The Balaban J connectivity index is 2.54. The number of hydrogen-bond acceptors (Lipinski definition) is 2. The van der Waals surface area contributed by atoms with E-state index in [0.29, 0.717) is 0 Å². The molecule has 0 spiro atoms. The summed E-state index contributed by atoms with van der Waals surface area (Å²) in [7, 11) is 0. The lowest BCUT2D eigenvalue weighted by molar-refractivity contribution is 0.626. The van der Waals surface area contributed by atoms with E-state index in [2.05, 4.69) is 0 Å². The van der Waals surface area contributed by atoms with Crippen molar-refractivity contribution < 1.29 is 4.39 Å². The van der Waals surface area contributed by atoms with Gasteiger partial charge in [-0.05, 0) is 24.6 Å². The van der Waals surface area contributed by atoms with Crippen LogP contribution in [0.5, 0.6) is 0 Å². The summed E-state index contributed by atoms with van der Waals surface area (Å²) in [6.07, 6.45) is 0.899. The van der Waals surface area contributed by atoms with Crippen molar-refractivity contribution in [2.24, 2.45) is 0 Å². The van der Waals surface area contributed by atoms with Crippen LogP contribution in [0.1, 0.15) is 12.0 Å². The molecule has 0 saturated carbocycles. The molecule has 0 nitrogen and oxygen atoms in total. The predicted molar refractivity (Wildman–Crippen MR) is 53.4 cm³/mol. The van der Waals surface area contributed by atoms with E-state index in [0.717, 1.165) is 27.5 Å². The standard InChI is InChI=1S/C9H7FS2/c10-6-1-2-9-7(5-6)8(11)3-4-12-9/h1-2,5H,3-4H2. The molecule has 0 unspecified atom stereocenters. The van der Waals surface area contributed by atoms with Gasteiger partial charge in [0.25, 0.3) is 0 Å². The van der Waals surface area contributed by atoms with Crippen molar-refractivity contribution in [2.75, 3.05) is 5.75 Å². The lowest BCUT2D eigenvalue weighted by Crippen LogP contribution is -2.06. The minimum absolute atomic E-state index is 0.196. The van der Waals surface area contributed by atoms with E-state index < -0.39 is 0 Å². The third-order valence-electron chi connectivity index (χ3n) is 1.83.